The van der Waals surface area contributed by atoms with Crippen LogP contribution in [0.3, 0.4) is 0 Å². The third-order valence-electron chi connectivity index (χ3n) is 7.68. The van der Waals surface area contributed by atoms with Crippen LogP contribution in [-0.2, 0) is 19.1 Å². The van der Waals surface area contributed by atoms with Gasteiger partial charge in [-0.3, -0.25) is 9.59 Å². The average Bonchev–Trinajstić information content (AvgIpc) is 2.80. The molecule has 2 aliphatic heterocycles. The van der Waals surface area contributed by atoms with Crippen LogP contribution in [0.1, 0.15) is 92.4 Å². The molecule has 8 heteroatoms. The summed E-state index contributed by atoms with van der Waals surface area (Å²) in [5.41, 5.74) is 0. The van der Waals surface area contributed by atoms with Crippen LogP contribution in [0, 0.1) is 17.8 Å². The maximum Gasteiger partial charge on any atom is 0.223 e. The van der Waals surface area contributed by atoms with Crippen LogP contribution in [0.15, 0.2) is 0 Å². The lowest BCUT2D eigenvalue weighted by Gasteiger charge is -2.43. The molecule has 2 fully saturated rings. The number of ether oxygens (including phenoxy) is 2. The minimum Gasteiger partial charge on any atom is -0.388 e. The van der Waals surface area contributed by atoms with E-state index >= 15 is 0 Å². The second kappa shape index (κ2) is 14.4. The van der Waals surface area contributed by atoms with Crippen LogP contribution >= 0.6 is 0 Å². The Labute approximate surface area is 205 Å². The number of rotatable bonds is 5. The molecular weight excluding hydrogens is 436 g/mol. The molecule has 0 aliphatic carbocycles. The second-order valence-electron chi connectivity index (χ2n) is 10.4. The van der Waals surface area contributed by atoms with E-state index in [0.717, 1.165) is 57.8 Å². The lowest BCUT2D eigenvalue weighted by atomic mass is 9.86. The SMILES string of the molecule is CC[C@@H]1CCC[C@H](C)CC[C@@H](O[C@@H]2O[C@@H](C)[C@@H](O)[C@H](NC(C)=O)[C@H]2O)[C@H](CC)CCCNC1=O. The molecule has 0 spiro atoms. The van der Waals surface area contributed by atoms with E-state index in [0.29, 0.717) is 12.5 Å². The van der Waals surface area contributed by atoms with Crippen LogP contribution in [0.5, 0.6) is 0 Å². The summed E-state index contributed by atoms with van der Waals surface area (Å²) in [4.78, 5) is 24.2. The Hall–Kier alpha value is -1.22. The highest BCUT2D eigenvalue weighted by Crippen LogP contribution is 2.31. The van der Waals surface area contributed by atoms with Gasteiger partial charge in [-0.2, -0.15) is 0 Å². The zero-order valence-corrected chi connectivity index (χ0v) is 21.8. The molecule has 0 aromatic heterocycles. The molecular formula is C26H48N2O6. The lowest BCUT2D eigenvalue weighted by molar-refractivity contribution is -0.289. The van der Waals surface area contributed by atoms with Crippen molar-refractivity contribution in [3.63, 3.8) is 0 Å². The van der Waals surface area contributed by atoms with Gasteiger partial charge in [-0.1, -0.05) is 40.0 Å². The van der Waals surface area contributed by atoms with Crippen molar-refractivity contribution in [3.8, 4) is 0 Å². The molecule has 2 saturated heterocycles. The van der Waals surface area contributed by atoms with Crippen molar-refractivity contribution in [2.24, 2.45) is 17.8 Å². The average molecular weight is 485 g/mol. The molecule has 4 N–H and O–H groups in total. The summed E-state index contributed by atoms with van der Waals surface area (Å²) in [6.07, 6.45) is 4.67. The standard InChI is InChI=1S/C26H48N2O6/c1-6-19-12-9-15-27-25(32)20(7-2)11-8-10-16(3)13-14-21(19)34-26-24(31)22(28-18(5)29)23(30)17(4)33-26/h16-17,19-24,26,30-31H,6-15H2,1-5H3,(H,27,32)(H,28,29)/t16-,17-,19+,20+,21+,22-,23+,24+,26-/m0/s1. The van der Waals surface area contributed by atoms with E-state index in [2.05, 4.69) is 31.4 Å². The Morgan fingerprint density at radius 2 is 1.79 bits per heavy atom. The number of aliphatic hydroxyl groups excluding tert-OH is 2. The molecule has 2 heterocycles. The van der Waals surface area contributed by atoms with Gasteiger partial charge in [0.2, 0.25) is 11.8 Å². The summed E-state index contributed by atoms with van der Waals surface area (Å²) in [6.45, 7) is 10.2. The fraction of sp³-hybridized carbons (Fsp3) is 0.923. The van der Waals surface area contributed by atoms with Gasteiger partial charge < -0.3 is 30.3 Å². The molecule has 8 nitrogen and oxygen atoms in total. The Bertz CT molecular complexity index is 632. The predicted molar refractivity (Wildman–Crippen MR) is 131 cm³/mol. The first-order valence-corrected chi connectivity index (χ1v) is 13.4. The molecule has 2 rings (SSSR count). The number of amides is 2. The molecule has 0 saturated carbocycles. The summed E-state index contributed by atoms with van der Waals surface area (Å²) >= 11 is 0. The van der Waals surface area contributed by atoms with Gasteiger partial charge in [0.25, 0.3) is 0 Å². The second-order valence-corrected chi connectivity index (χ2v) is 10.4. The summed E-state index contributed by atoms with van der Waals surface area (Å²) < 4.78 is 12.3. The summed E-state index contributed by atoms with van der Waals surface area (Å²) in [5, 5.41) is 27.1. The van der Waals surface area contributed by atoms with E-state index < -0.39 is 30.6 Å². The molecule has 34 heavy (non-hydrogen) atoms. The number of nitrogens with one attached hydrogen (secondary N) is 2. The number of hydrogen-bond donors (Lipinski definition) is 4. The van der Waals surface area contributed by atoms with Crippen LogP contribution in [-0.4, -0.2) is 65.3 Å². The van der Waals surface area contributed by atoms with Gasteiger partial charge in [-0.05, 0) is 57.3 Å². The van der Waals surface area contributed by atoms with Crippen molar-refractivity contribution in [2.45, 2.75) is 129 Å². The Kier molecular flexibility index (Phi) is 12.3. The van der Waals surface area contributed by atoms with Gasteiger partial charge in [0.1, 0.15) is 12.2 Å². The third kappa shape index (κ3) is 8.47. The van der Waals surface area contributed by atoms with Crippen LogP contribution in [0.2, 0.25) is 0 Å². The van der Waals surface area contributed by atoms with Gasteiger partial charge in [0.05, 0.1) is 18.2 Å². The molecule has 2 amide bonds. The van der Waals surface area contributed by atoms with Crippen molar-refractivity contribution >= 4 is 11.8 Å². The molecule has 2 aliphatic rings. The van der Waals surface area contributed by atoms with Crippen LogP contribution in [0.4, 0.5) is 0 Å². The van der Waals surface area contributed by atoms with Gasteiger partial charge in [-0.25, -0.2) is 0 Å². The zero-order chi connectivity index (χ0) is 25.3. The van der Waals surface area contributed by atoms with Crippen molar-refractivity contribution in [1.82, 2.24) is 10.6 Å². The fourth-order valence-corrected chi connectivity index (χ4v) is 5.34. The van der Waals surface area contributed by atoms with Gasteiger partial charge in [-0.15, -0.1) is 0 Å². The van der Waals surface area contributed by atoms with E-state index in [1.807, 2.05) is 0 Å². The molecule has 198 valence electrons. The van der Waals surface area contributed by atoms with E-state index in [1.165, 1.54) is 6.92 Å². The first kappa shape index (κ1) is 29.0. The Balaban J connectivity index is 2.12. The highest BCUT2D eigenvalue weighted by atomic mass is 16.7. The minimum atomic E-state index is -1.16. The topological polar surface area (TPSA) is 117 Å². The summed E-state index contributed by atoms with van der Waals surface area (Å²) in [7, 11) is 0. The van der Waals surface area contributed by atoms with Crippen LogP contribution in [0.25, 0.3) is 0 Å². The third-order valence-corrected chi connectivity index (χ3v) is 7.68. The van der Waals surface area contributed by atoms with Crippen molar-refractivity contribution in [3.05, 3.63) is 0 Å². The molecule has 0 aromatic carbocycles. The number of carbonyl (C=O) groups is 2. The van der Waals surface area contributed by atoms with Crippen LogP contribution < -0.4 is 10.6 Å². The summed E-state index contributed by atoms with van der Waals surface area (Å²) in [5.74, 6) is 0.723. The minimum absolute atomic E-state index is 0.104. The van der Waals surface area contributed by atoms with E-state index in [4.69, 9.17) is 9.47 Å². The van der Waals surface area contributed by atoms with E-state index in [1.54, 1.807) is 6.92 Å². The van der Waals surface area contributed by atoms with Crippen molar-refractivity contribution < 1.29 is 29.3 Å². The number of carbonyl (C=O) groups excluding carboxylic acids is 2. The molecule has 0 aromatic rings. The molecule has 0 radical (unpaired) electrons. The maximum absolute atomic E-state index is 12.5. The number of hydrogen-bond acceptors (Lipinski definition) is 6. The fourth-order valence-electron chi connectivity index (χ4n) is 5.34. The van der Waals surface area contributed by atoms with Crippen molar-refractivity contribution in [1.29, 1.82) is 0 Å². The zero-order valence-electron chi connectivity index (χ0n) is 21.8. The molecule has 9 atom stereocenters. The normalized spacial score (nSPS) is 39.0. The Morgan fingerprint density at radius 1 is 1.06 bits per heavy atom. The lowest BCUT2D eigenvalue weighted by Crippen LogP contribution is -2.64. The maximum atomic E-state index is 12.5. The first-order valence-electron chi connectivity index (χ1n) is 13.4. The Morgan fingerprint density at radius 3 is 2.44 bits per heavy atom. The highest BCUT2D eigenvalue weighted by Gasteiger charge is 2.45. The first-order chi connectivity index (χ1) is 16.2. The van der Waals surface area contributed by atoms with E-state index in [-0.39, 0.29) is 29.8 Å². The number of aliphatic hydroxyl groups is 2. The van der Waals surface area contributed by atoms with Gasteiger partial charge in [0, 0.05) is 19.4 Å². The molecule has 0 unspecified atom stereocenters. The predicted octanol–water partition coefficient (Wildman–Crippen LogP) is 2.89. The highest BCUT2D eigenvalue weighted by molar-refractivity contribution is 5.78. The summed E-state index contributed by atoms with van der Waals surface area (Å²) in [6, 6.07) is -0.842. The largest absolute Gasteiger partial charge is 0.388 e. The van der Waals surface area contributed by atoms with Gasteiger partial charge in [0.15, 0.2) is 6.29 Å². The van der Waals surface area contributed by atoms with E-state index in [9.17, 15) is 19.8 Å². The van der Waals surface area contributed by atoms with Crippen molar-refractivity contribution in [2.75, 3.05) is 6.54 Å². The smallest absolute Gasteiger partial charge is 0.223 e. The monoisotopic (exact) mass is 484 g/mol. The van der Waals surface area contributed by atoms with Gasteiger partial charge >= 0.3 is 0 Å². The molecule has 0 bridgehead atoms. The quantitative estimate of drug-likeness (QED) is 0.477.